The SMILES string of the molecule is CCCCCCC(C)Oc1nc(Cl)nc(C)c1[N+](=O)[O-]. The zero-order valence-corrected chi connectivity index (χ0v) is 12.8. The minimum Gasteiger partial charge on any atom is -0.470 e. The zero-order chi connectivity index (χ0) is 15.1. The van der Waals surface area contributed by atoms with Gasteiger partial charge in [0.05, 0.1) is 11.0 Å². The second-order valence-corrected chi connectivity index (χ2v) is 5.10. The Morgan fingerprint density at radius 2 is 2.05 bits per heavy atom. The van der Waals surface area contributed by atoms with Crippen LogP contribution in [0.1, 0.15) is 51.6 Å². The van der Waals surface area contributed by atoms with Crippen molar-refractivity contribution in [2.75, 3.05) is 0 Å². The van der Waals surface area contributed by atoms with Crippen LogP contribution in [-0.4, -0.2) is 21.0 Å². The molecule has 1 unspecified atom stereocenters. The number of hydrogen-bond donors (Lipinski definition) is 0. The van der Waals surface area contributed by atoms with Crippen LogP contribution in [-0.2, 0) is 0 Å². The number of rotatable bonds is 8. The molecule has 1 rings (SSSR count). The summed E-state index contributed by atoms with van der Waals surface area (Å²) in [5.74, 6) is -0.0458. The molecule has 0 saturated heterocycles. The third-order valence-corrected chi connectivity index (χ3v) is 3.13. The van der Waals surface area contributed by atoms with Gasteiger partial charge in [0, 0.05) is 0 Å². The van der Waals surface area contributed by atoms with Gasteiger partial charge in [-0.2, -0.15) is 4.98 Å². The average molecular weight is 302 g/mol. The third-order valence-electron chi connectivity index (χ3n) is 2.96. The average Bonchev–Trinajstić information content (AvgIpc) is 2.33. The Morgan fingerprint density at radius 3 is 2.65 bits per heavy atom. The second kappa shape index (κ2) is 7.99. The zero-order valence-electron chi connectivity index (χ0n) is 12.1. The highest BCUT2D eigenvalue weighted by molar-refractivity contribution is 6.28. The molecular weight excluding hydrogens is 282 g/mol. The minimum atomic E-state index is -0.537. The minimum absolute atomic E-state index is 0.0405. The van der Waals surface area contributed by atoms with Gasteiger partial charge in [0.25, 0.3) is 5.88 Å². The summed E-state index contributed by atoms with van der Waals surface area (Å²) < 4.78 is 5.57. The first kappa shape index (κ1) is 16.6. The maximum absolute atomic E-state index is 11.0. The molecule has 0 aromatic carbocycles. The summed E-state index contributed by atoms with van der Waals surface area (Å²) in [5.41, 5.74) is -0.00186. The predicted octanol–water partition coefficient (Wildman–Crippen LogP) is 4.08. The van der Waals surface area contributed by atoms with E-state index in [1.165, 1.54) is 19.8 Å². The van der Waals surface area contributed by atoms with E-state index in [1.54, 1.807) is 0 Å². The lowest BCUT2D eigenvalue weighted by atomic mass is 10.1. The predicted molar refractivity (Wildman–Crippen MR) is 77.3 cm³/mol. The maximum atomic E-state index is 11.0. The molecule has 20 heavy (non-hydrogen) atoms. The van der Waals surface area contributed by atoms with E-state index < -0.39 is 4.92 Å². The van der Waals surface area contributed by atoms with Crippen LogP contribution in [0, 0.1) is 17.0 Å². The molecule has 0 radical (unpaired) electrons. The highest BCUT2D eigenvalue weighted by atomic mass is 35.5. The Morgan fingerprint density at radius 1 is 1.35 bits per heavy atom. The van der Waals surface area contributed by atoms with Crippen molar-refractivity contribution in [2.24, 2.45) is 0 Å². The lowest BCUT2D eigenvalue weighted by Gasteiger charge is -2.14. The molecule has 0 N–H and O–H groups in total. The van der Waals surface area contributed by atoms with Crippen LogP contribution < -0.4 is 4.74 Å². The van der Waals surface area contributed by atoms with E-state index in [9.17, 15) is 10.1 Å². The summed E-state index contributed by atoms with van der Waals surface area (Å²) >= 11 is 5.73. The summed E-state index contributed by atoms with van der Waals surface area (Å²) in [5, 5.41) is 11.0. The first-order chi connectivity index (χ1) is 9.45. The van der Waals surface area contributed by atoms with Crippen LogP contribution in [0.5, 0.6) is 5.88 Å². The van der Waals surface area contributed by atoms with Crippen molar-refractivity contribution >= 4 is 17.3 Å². The Bertz CT molecular complexity index is 468. The molecule has 0 bridgehead atoms. The van der Waals surface area contributed by atoms with E-state index >= 15 is 0 Å². The number of nitro groups is 1. The van der Waals surface area contributed by atoms with E-state index in [1.807, 2.05) is 6.92 Å². The largest absolute Gasteiger partial charge is 0.470 e. The van der Waals surface area contributed by atoms with Crippen LogP contribution in [0.2, 0.25) is 5.28 Å². The molecule has 6 nitrogen and oxygen atoms in total. The fraction of sp³-hybridized carbons (Fsp3) is 0.692. The van der Waals surface area contributed by atoms with Crippen molar-refractivity contribution in [3.8, 4) is 5.88 Å². The van der Waals surface area contributed by atoms with Gasteiger partial charge in [-0.05, 0) is 38.3 Å². The lowest BCUT2D eigenvalue weighted by Crippen LogP contribution is -2.14. The fourth-order valence-corrected chi connectivity index (χ4v) is 2.11. The molecule has 0 aliphatic heterocycles. The molecule has 0 aliphatic carbocycles. The molecule has 0 aliphatic rings. The van der Waals surface area contributed by atoms with Gasteiger partial charge >= 0.3 is 5.69 Å². The van der Waals surface area contributed by atoms with Gasteiger partial charge < -0.3 is 4.74 Å². The highest BCUT2D eigenvalue weighted by Gasteiger charge is 2.24. The van der Waals surface area contributed by atoms with Gasteiger partial charge in [0.15, 0.2) is 0 Å². The van der Waals surface area contributed by atoms with Crippen molar-refractivity contribution in [1.82, 2.24) is 9.97 Å². The van der Waals surface area contributed by atoms with E-state index in [2.05, 4.69) is 16.9 Å². The molecule has 0 spiro atoms. The number of ether oxygens (including phenoxy) is 1. The van der Waals surface area contributed by atoms with Crippen molar-refractivity contribution in [3.63, 3.8) is 0 Å². The quantitative estimate of drug-likeness (QED) is 0.313. The van der Waals surface area contributed by atoms with Crippen molar-refractivity contribution in [3.05, 3.63) is 21.1 Å². The molecule has 0 fully saturated rings. The van der Waals surface area contributed by atoms with Crippen molar-refractivity contribution in [1.29, 1.82) is 0 Å². The van der Waals surface area contributed by atoms with Gasteiger partial charge in [-0.1, -0.05) is 26.2 Å². The molecule has 0 saturated carbocycles. The first-order valence-corrected chi connectivity index (χ1v) is 7.18. The first-order valence-electron chi connectivity index (χ1n) is 6.80. The number of nitrogens with zero attached hydrogens (tertiary/aromatic N) is 3. The van der Waals surface area contributed by atoms with Crippen LogP contribution in [0.15, 0.2) is 0 Å². The van der Waals surface area contributed by atoms with Gasteiger partial charge in [-0.15, -0.1) is 0 Å². The van der Waals surface area contributed by atoms with Gasteiger partial charge in [-0.25, -0.2) is 4.98 Å². The summed E-state index contributed by atoms with van der Waals surface area (Å²) in [4.78, 5) is 18.1. The Kier molecular flexibility index (Phi) is 6.64. The Hall–Kier alpha value is -1.43. The van der Waals surface area contributed by atoms with E-state index in [0.717, 1.165) is 19.3 Å². The van der Waals surface area contributed by atoms with Crippen molar-refractivity contribution < 1.29 is 9.66 Å². The van der Waals surface area contributed by atoms with Gasteiger partial charge in [-0.3, -0.25) is 10.1 Å². The molecule has 1 aromatic heterocycles. The smallest absolute Gasteiger partial charge is 0.352 e. The molecule has 112 valence electrons. The number of aromatic nitrogens is 2. The van der Waals surface area contributed by atoms with Gasteiger partial charge in [0.1, 0.15) is 5.69 Å². The molecule has 1 aromatic rings. The van der Waals surface area contributed by atoms with E-state index in [4.69, 9.17) is 16.3 Å². The topological polar surface area (TPSA) is 78.2 Å². The summed E-state index contributed by atoms with van der Waals surface area (Å²) in [6, 6.07) is 0. The van der Waals surface area contributed by atoms with Crippen LogP contribution in [0.4, 0.5) is 5.69 Å². The van der Waals surface area contributed by atoms with Crippen LogP contribution >= 0.6 is 11.6 Å². The standard InChI is InChI=1S/C13H20ClN3O3/c1-4-5-6-7-8-9(2)20-12-11(17(18)19)10(3)15-13(14)16-12/h9H,4-8H2,1-3H3. The Labute approximate surface area is 123 Å². The molecule has 1 atom stereocenters. The van der Waals surface area contributed by atoms with E-state index in [0.29, 0.717) is 0 Å². The van der Waals surface area contributed by atoms with Crippen molar-refractivity contribution in [2.45, 2.75) is 59.0 Å². The summed E-state index contributed by atoms with van der Waals surface area (Å²) in [6.07, 6.45) is 5.21. The number of halogens is 1. The molecule has 1 heterocycles. The van der Waals surface area contributed by atoms with E-state index in [-0.39, 0.29) is 28.6 Å². The summed E-state index contributed by atoms with van der Waals surface area (Å²) in [6.45, 7) is 5.54. The lowest BCUT2D eigenvalue weighted by molar-refractivity contribution is -0.387. The van der Waals surface area contributed by atoms with Crippen LogP contribution in [0.3, 0.4) is 0 Å². The number of aryl methyl sites for hydroxylation is 1. The molecule has 0 amide bonds. The Balaban J connectivity index is 2.73. The number of unbranched alkanes of at least 4 members (excludes halogenated alkanes) is 3. The fourth-order valence-electron chi connectivity index (χ4n) is 1.91. The third kappa shape index (κ3) is 4.92. The summed E-state index contributed by atoms with van der Waals surface area (Å²) in [7, 11) is 0. The molecule has 7 heteroatoms. The monoisotopic (exact) mass is 301 g/mol. The second-order valence-electron chi connectivity index (χ2n) is 4.77. The highest BCUT2D eigenvalue weighted by Crippen LogP contribution is 2.29. The normalized spacial score (nSPS) is 12.2. The van der Waals surface area contributed by atoms with Crippen LogP contribution in [0.25, 0.3) is 0 Å². The van der Waals surface area contributed by atoms with Gasteiger partial charge in [0.2, 0.25) is 5.28 Å². The maximum Gasteiger partial charge on any atom is 0.352 e. The molecular formula is C13H20ClN3O3. The number of hydrogen-bond acceptors (Lipinski definition) is 5.